The number of hydrogen-bond donors (Lipinski definition) is 0. The summed E-state index contributed by atoms with van der Waals surface area (Å²) in [7, 11) is 0. The van der Waals surface area contributed by atoms with Crippen LogP contribution in [0.5, 0.6) is 0 Å². The highest BCUT2D eigenvalue weighted by atomic mass is 16.4. The lowest BCUT2D eigenvalue weighted by Gasteiger charge is -2.20. The molecule has 0 amide bonds. The summed E-state index contributed by atoms with van der Waals surface area (Å²) in [5.74, 6) is 0. The van der Waals surface area contributed by atoms with Crippen LogP contribution in [0.1, 0.15) is 18.4 Å². The van der Waals surface area contributed by atoms with Gasteiger partial charge in [0.15, 0.2) is 5.58 Å². The van der Waals surface area contributed by atoms with Gasteiger partial charge in [-0.15, -0.1) is 0 Å². The number of pyridine rings is 1. The van der Waals surface area contributed by atoms with Gasteiger partial charge in [0.05, 0.1) is 0 Å². The van der Waals surface area contributed by atoms with E-state index in [1.807, 2.05) is 12.1 Å². The van der Waals surface area contributed by atoms with Crippen LogP contribution in [-0.2, 0) is 6.42 Å². The lowest BCUT2D eigenvalue weighted by molar-refractivity contribution is 0.289. The topological polar surface area (TPSA) is 45.4 Å². The van der Waals surface area contributed by atoms with Crippen LogP contribution >= 0.6 is 0 Å². The number of fused-ring (bicyclic) bond motifs is 1. The van der Waals surface area contributed by atoms with Crippen molar-refractivity contribution in [3.63, 3.8) is 0 Å². The van der Waals surface area contributed by atoms with Crippen LogP contribution < -0.4 is 4.90 Å². The second-order valence-corrected chi connectivity index (χ2v) is 6.59. The van der Waals surface area contributed by atoms with Crippen LogP contribution in [0.25, 0.3) is 11.2 Å². The van der Waals surface area contributed by atoms with E-state index in [4.69, 9.17) is 4.42 Å². The van der Waals surface area contributed by atoms with Crippen molar-refractivity contribution in [3.05, 3.63) is 54.2 Å². The fourth-order valence-electron chi connectivity index (χ4n) is 3.43. The number of aromatic nitrogens is 2. The molecule has 1 fully saturated rings. The molecule has 0 aliphatic carbocycles. The Labute approximate surface area is 148 Å². The van der Waals surface area contributed by atoms with E-state index in [1.54, 1.807) is 6.20 Å². The molecule has 4 rings (SSSR count). The molecule has 0 bridgehead atoms. The molecular formula is C20H24N4O. The lowest BCUT2D eigenvalue weighted by atomic mass is 10.1. The molecule has 0 radical (unpaired) electrons. The molecule has 1 saturated heterocycles. The molecule has 3 heterocycles. The summed E-state index contributed by atoms with van der Waals surface area (Å²) in [6.07, 6.45) is 5.25. The van der Waals surface area contributed by atoms with Crippen LogP contribution in [0.4, 0.5) is 6.01 Å². The lowest BCUT2D eigenvalue weighted by Crippen LogP contribution is -2.31. The maximum atomic E-state index is 5.87. The first-order valence-corrected chi connectivity index (χ1v) is 9.11. The van der Waals surface area contributed by atoms with Crippen molar-refractivity contribution in [1.82, 2.24) is 14.9 Å². The van der Waals surface area contributed by atoms with Gasteiger partial charge in [-0.2, -0.15) is 4.98 Å². The van der Waals surface area contributed by atoms with Gasteiger partial charge < -0.3 is 14.2 Å². The quantitative estimate of drug-likeness (QED) is 0.715. The molecule has 0 unspecified atom stereocenters. The molecule has 0 N–H and O–H groups in total. The third-order valence-electron chi connectivity index (χ3n) is 4.80. The fourth-order valence-corrected chi connectivity index (χ4v) is 3.43. The van der Waals surface area contributed by atoms with Crippen molar-refractivity contribution < 1.29 is 4.42 Å². The van der Waals surface area contributed by atoms with Crippen LogP contribution in [0.2, 0.25) is 0 Å². The highest BCUT2D eigenvalue weighted by molar-refractivity contribution is 5.69. The van der Waals surface area contributed by atoms with Crippen LogP contribution in [-0.4, -0.2) is 47.6 Å². The first kappa shape index (κ1) is 16.1. The van der Waals surface area contributed by atoms with E-state index in [1.165, 1.54) is 12.0 Å². The molecule has 130 valence electrons. The summed E-state index contributed by atoms with van der Waals surface area (Å²) in [5.41, 5.74) is 2.89. The summed E-state index contributed by atoms with van der Waals surface area (Å²) < 4.78 is 5.87. The Balaban J connectivity index is 1.31. The predicted molar refractivity (Wildman–Crippen MR) is 99.8 cm³/mol. The standard InChI is InChI=1S/C20H24N4O/c1-2-7-17(8-3-1)9-5-12-23-13-6-14-24(16-15-23)20-22-19-18(25-20)10-4-11-21-19/h1-4,7-8,10-11H,5-6,9,12-16H2. The average Bonchev–Trinajstić information content (AvgIpc) is 2.95. The normalized spacial score (nSPS) is 16.2. The monoisotopic (exact) mass is 336 g/mol. The van der Waals surface area contributed by atoms with Crippen LogP contribution in [0, 0.1) is 0 Å². The number of hydrogen-bond acceptors (Lipinski definition) is 5. The highest BCUT2D eigenvalue weighted by Crippen LogP contribution is 2.21. The minimum Gasteiger partial charge on any atom is -0.422 e. The van der Waals surface area contributed by atoms with E-state index in [9.17, 15) is 0 Å². The van der Waals surface area contributed by atoms with Gasteiger partial charge in [0.1, 0.15) is 0 Å². The summed E-state index contributed by atoms with van der Waals surface area (Å²) in [6, 6.07) is 15.3. The molecule has 3 aromatic rings. The summed E-state index contributed by atoms with van der Waals surface area (Å²) in [4.78, 5) is 13.6. The van der Waals surface area contributed by atoms with Gasteiger partial charge in [0.2, 0.25) is 5.65 Å². The summed E-state index contributed by atoms with van der Waals surface area (Å²) in [6.45, 7) is 5.29. The van der Waals surface area contributed by atoms with E-state index in [0.717, 1.165) is 51.1 Å². The van der Waals surface area contributed by atoms with Gasteiger partial charge >= 0.3 is 0 Å². The zero-order chi connectivity index (χ0) is 16.9. The van der Waals surface area contributed by atoms with Crippen LogP contribution in [0.15, 0.2) is 53.1 Å². The van der Waals surface area contributed by atoms with Gasteiger partial charge in [-0.1, -0.05) is 30.3 Å². The number of rotatable bonds is 5. The Morgan fingerprint density at radius 3 is 2.76 bits per heavy atom. The fraction of sp³-hybridized carbons (Fsp3) is 0.400. The minimum atomic E-state index is 0.696. The van der Waals surface area contributed by atoms with E-state index >= 15 is 0 Å². The van der Waals surface area contributed by atoms with E-state index < -0.39 is 0 Å². The summed E-state index contributed by atoms with van der Waals surface area (Å²) in [5, 5.41) is 0. The van der Waals surface area contributed by atoms with Gasteiger partial charge in [0, 0.05) is 25.8 Å². The Morgan fingerprint density at radius 2 is 1.88 bits per heavy atom. The van der Waals surface area contributed by atoms with Crippen LogP contribution in [0.3, 0.4) is 0 Å². The van der Waals surface area contributed by atoms with E-state index in [-0.39, 0.29) is 0 Å². The number of nitrogens with zero attached hydrogens (tertiary/aromatic N) is 4. The Morgan fingerprint density at radius 1 is 0.960 bits per heavy atom. The first-order chi connectivity index (χ1) is 12.4. The second kappa shape index (κ2) is 7.66. The largest absolute Gasteiger partial charge is 0.422 e. The van der Waals surface area contributed by atoms with Crippen molar-refractivity contribution in [2.24, 2.45) is 0 Å². The van der Waals surface area contributed by atoms with Crippen molar-refractivity contribution in [1.29, 1.82) is 0 Å². The molecule has 0 atom stereocenters. The third-order valence-corrected chi connectivity index (χ3v) is 4.80. The maximum absolute atomic E-state index is 5.87. The molecule has 5 heteroatoms. The zero-order valence-electron chi connectivity index (χ0n) is 14.5. The van der Waals surface area contributed by atoms with Gasteiger partial charge in [0.25, 0.3) is 6.01 Å². The smallest absolute Gasteiger partial charge is 0.299 e. The molecule has 1 aliphatic heterocycles. The molecule has 0 spiro atoms. The number of benzene rings is 1. The predicted octanol–water partition coefficient (Wildman–Crippen LogP) is 3.37. The SMILES string of the molecule is c1ccc(CCCN2CCCN(c3nc4ncccc4o3)CC2)cc1. The third kappa shape index (κ3) is 3.99. The van der Waals surface area contributed by atoms with Gasteiger partial charge in [-0.3, -0.25) is 0 Å². The average molecular weight is 336 g/mol. The van der Waals surface area contributed by atoms with Crippen molar-refractivity contribution in [2.45, 2.75) is 19.3 Å². The van der Waals surface area contributed by atoms with Crippen molar-refractivity contribution in [3.8, 4) is 0 Å². The number of aryl methyl sites for hydroxylation is 1. The van der Waals surface area contributed by atoms with Crippen molar-refractivity contribution >= 4 is 17.2 Å². The van der Waals surface area contributed by atoms with E-state index in [2.05, 4.69) is 50.1 Å². The molecule has 1 aliphatic rings. The molecule has 25 heavy (non-hydrogen) atoms. The minimum absolute atomic E-state index is 0.696. The molecule has 5 nitrogen and oxygen atoms in total. The maximum Gasteiger partial charge on any atom is 0.299 e. The van der Waals surface area contributed by atoms with Gasteiger partial charge in [-0.05, 0) is 50.0 Å². The highest BCUT2D eigenvalue weighted by Gasteiger charge is 2.19. The summed E-state index contributed by atoms with van der Waals surface area (Å²) >= 11 is 0. The number of anilines is 1. The number of oxazole rings is 1. The molecule has 2 aromatic heterocycles. The zero-order valence-corrected chi connectivity index (χ0v) is 14.5. The Kier molecular flexibility index (Phi) is 4.93. The molecular weight excluding hydrogens is 312 g/mol. The molecule has 1 aromatic carbocycles. The Hall–Kier alpha value is -2.40. The Bertz CT molecular complexity index is 769. The first-order valence-electron chi connectivity index (χ1n) is 9.11. The molecule has 0 saturated carbocycles. The second-order valence-electron chi connectivity index (χ2n) is 6.59. The van der Waals surface area contributed by atoms with Gasteiger partial charge in [-0.25, -0.2) is 4.98 Å². The van der Waals surface area contributed by atoms with Crippen molar-refractivity contribution in [2.75, 3.05) is 37.6 Å². The van der Waals surface area contributed by atoms with E-state index in [0.29, 0.717) is 11.7 Å².